The van der Waals surface area contributed by atoms with Crippen LogP contribution in [0.1, 0.15) is 11.8 Å². The molecule has 2 aromatic heterocycles. The second-order valence-electron chi connectivity index (χ2n) is 4.10. The van der Waals surface area contributed by atoms with Crippen molar-refractivity contribution in [2.45, 2.75) is 6.92 Å². The van der Waals surface area contributed by atoms with Gasteiger partial charge in [-0.2, -0.15) is 0 Å². The number of hydrogen-bond acceptors (Lipinski definition) is 7. The Morgan fingerprint density at radius 1 is 1.45 bits per heavy atom. The zero-order chi connectivity index (χ0) is 15.8. The smallest absolute Gasteiger partial charge is 0.241 e. The van der Waals surface area contributed by atoms with Crippen LogP contribution in [0.2, 0.25) is 0 Å². The van der Waals surface area contributed by atoms with E-state index in [-0.39, 0.29) is 5.88 Å². The highest BCUT2D eigenvalue weighted by molar-refractivity contribution is 7.17. The quantitative estimate of drug-likeness (QED) is 0.504. The van der Waals surface area contributed by atoms with E-state index >= 15 is 0 Å². The van der Waals surface area contributed by atoms with Gasteiger partial charge in [0.15, 0.2) is 0 Å². The number of aliphatic imine (C=N–C) groups is 1. The molecule has 2 aromatic rings. The lowest BCUT2D eigenvalue weighted by Crippen LogP contribution is -1.92. The minimum absolute atomic E-state index is 0.175. The maximum absolute atomic E-state index is 5.18. The third-order valence-electron chi connectivity index (χ3n) is 2.47. The van der Waals surface area contributed by atoms with Gasteiger partial charge in [0.2, 0.25) is 5.88 Å². The maximum Gasteiger partial charge on any atom is 0.241 e. The number of allylic oxidation sites excluding steroid dienone is 1. The standard InChI is InChI=1S/C15H15N5OS/c1-11(20-21-12(2)18-8-4-6-16)14-10-19-15(22-14)13-5-3-7-17-9-13/h3-10H,2,16H2,1H3/b6-4-,18-8-,20-11+. The van der Waals surface area contributed by atoms with Crippen LogP contribution in [0.5, 0.6) is 0 Å². The summed E-state index contributed by atoms with van der Waals surface area (Å²) in [6, 6.07) is 3.83. The summed E-state index contributed by atoms with van der Waals surface area (Å²) in [5, 5.41) is 4.86. The lowest BCUT2D eigenvalue weighted by Gasteiger charge is -1.97. The van der Waals surface area contributed by atoms with Gasteiger partial charge in [-0.25, -0.2) is 9.98 Å². The molecule has 0 aliphatic carbocycles. The SMILES string of the molecule is C=C(/N=C\C=C/N)O/N=C(\C)c1cnc(-c2cccnc2)s1. The highest BCUT2D eigenvalue weighted by Gasteiger charge is 2.07. The van der Waals surface area contributed by atoms with Crippen molar-refractivity contribution >= 4 is 23.3 Å². The summed E-state index contributed by atoms with van der Waals surface area (Å²) in [5.41, 5.74) is 6.84. The Bertz CT molecular complexity index is 719. The summed E-state index contributed by atoms with van der Waals surface area (Å²) in [4.78, 5) is 18.3. The summed E-state index contributed by atoms with van der Waals surface area (Å²) < 4.78 is 0. The van der Waals surface area contributed by atoms with Crippen molar-refractivity contribution < 1.29 is 4.84 Å². The van der Waals surface area contributed by atoms with Crippen LogP contribution in [0, 0.1) is 0 Å². The number of nitrogens with zero attached hydrogens (tertiary/aromatic N) is 4. The summed E-state index contributed by atoms with van der Waals surface area (Å²) >= 11 is 1.51. The zero-order valence-corrected chi connectivity index (χ0v) is 12.8. The molecule has 0 aliphatic rings. The van der Waals surface area contributed by atoms with Gasteiger partial charge in [-0.1, -0.05) is 5.16 Å². The molecular weight excluding hydrogens is 298 g/mol. The van der Waals surface area contributed by atoms with Crippen molar-refractivity contribution in [3.8, 4) is 10.6 Å². The molecule has 0 amide bonds. The van der Waals surface area contributed by atoms with Gasteiger partial charge in [0.05, 0.1) is 10.6 Å². The van der Waals surface area contributed by atoms with Crippen molar-refractivity contribution in [1.29, 1.82) is 0 Å². The number of oxime groups is 1. The molecule has 2 rings (SSSR count). The highest BCUT2D eigenvalue weighted by atomic mass is 32.1. The van der Waals surface area contributed by atoms with Crippen molar-refractivity contribution in [3.63, 3.8) is 0 Å². The molecule has 0 aliphatic heterocycles. The number of thiazole rings is 1. The Labute approximate surface area is 132 Å². The predicted octanol–water partition coefficient (Wildman–Crippen LogP) is 2.96. The monoisotopic (exact) mass is 313 g/mol. The van der Waals surface area contributed by atoms with Crippen LogP contribution in [0.25, 0.3) is 10.6 Å². The second kappa shape index (κ2) is 7.84. The van der Waals surface area contributed by atoms with Gasteiger partial charge in [-0.15, -0.1) is 11.3 Å². The second-order valence-corrected chi connectivity index (χ2v) is 5.13. The average Bonchev–Trinajstić information content (AvgIpc) is 3.04. The summed E-state index contributed by atoms with van der Waals surface area (Å²) in [7, 11) is 0. The lowest BCUT2D eigenvalue weighted by molar-refractivity contribution is 0.227. The third-order valence-corrected chi connectivity index (χ3v) is 3.63. The minimum Gasteiger partial charge on any atom is -0.405 e. The fourth-order valence-electron chi connectivity index (χ4n) is 1.43. The van der Waals surface area contributed by atoms with Gasteiger partial charge < -0.3 is 10.6 Å². The van der Waals surface area contributed by atoms with E-state index in [0.717, 1.165) is 15.4 Å². The molecule has 112 valence electrons. The first-order chi connectivity index (χ1) is 10.7. The van der Waals surface area contributed by atoms with Crippen LogP contribution in [0.4, 0.5) is 0 Å². The topological polar surface area (TPSA) is 85.8 Å². The number of rotatable bonds is 6. The maximum atomic E-state index is 5.18. The highest BCUT2D eigenvalue weighted by Crippen LogP contribution is 2.24. The van der Waals surface area contributed by atoms with Crippen LogP contribution in [0.3, 0.4) is 0 Å². The predicted molar refractivity (Wildman–Crippen MR) is 89.6 cm³/mol. The Hall–Kier alpha value is -2.80. The molecule has 0 saturated heterocycles. The molecule has 22 heavy (non-hydrogen) atoms. The van der Waals surface area contributed by atoms with Gasteiger partial charge in [0.1, 0.15) is 5.01 Å². The Morgan fingerprint density at radius 3 is 3.05 bits per heavy atom. The van der Waals surface area contributed by atoms with Crippen LogP contribution < -0.4 is 5.73 Å². The normalized spacial score (nSPS) is 12.1. The van der Waals surface area contributed by atoms with E-state index in [0.29, 0.717) is 5.71 Å². The molecule has 2 heterocycles. The van der Waals surface area contributed by atoms with Gasteiger partial charge >= 0.3 is 0 Å². The fraction of sp³-hybridized carbons (Fsp3) is 0.0667. The van der Waals surface area contributed by atoms with E-state index in [9.17, 15) is 0 Å². The molecular formula is C15H15N5OS. The molecule has 0 bridgehead atoms. The molecule has 0 unspecified atom stereocenters. The summed E-state index contributed by atoms with van der Waals surface area (Å²) in [6.45, 7) is 5.45. The van der Waals surface area contributed by atoms with Crippen molar-refractivity contribution in [3.05, 3.63) is 60.3 Å². The average molecular weight is 313 g/mol. The zero-order valence-electron chi connectivity index (χ0n) is 12.0. The Morgan fingerprint density at radius 2 is 2.32 bits per heavy atom. The summed E-state index contributed by atoms with van der Waals surface area (Å²) in [6.07, 6.45) is 9.65. The molecule has 6 nitrogen and oxygen atoms in total. The van der Waals surface area contributed by atoms with Crippen molar-refractivity contribution in [2.75, 3.05) is 0 Å². The molecule has 0 atom stereocenters. The van der Waals surface area contributed by atoms with Gasteiger partial charge in [-0.05, 0) is 37.9 Å². The van der Waals surface area contributed by atoms with E-state index in [1.54, 1.807) is 24.7 Å². The molecule has 0 spiro atoms. The number of hydrogen-bond donors (Lipinski definition) is 1. The Kier molecular flexibility index (Phi) is 5.56. The fourth-order valence-corrected chi connectivity index (χ4v) is 2.27. The first-order valence-corrected chi connectivity index (χ1v) is 7.20. The first kappa shape index (κ1) is 15.6. The summed E-state index contributed by atoms with van der Waals surface area (Å²) in [5.74, 6) is 0.175. The molecule has 0 saturated carbocycles. The number of nitrogens with two attached hydrogens (primary N) is 1. The van der Waals surface area contributed by atoms with Gasteiger partial charge in [0, 0.05) is 30.4 Å². The molecule has 7 heteroatoms. The first-order valence-electron chi connectivity index (χ1n) is 6.38. The molecule has 0 radical (unpaired) electrons. The van der Waals surface area contributed by atoms with Crippen LogP contribution >= 0.6 is 11.3 Å². The Balaban J connectivity index is 2.04. The van der Waals surface area contributed by atoms with E-state index in [1.807, 2.05) is 19.1 Å². The molecule has 2 N–H and O–H groups in total. The van der Waals surface area contributed by atoms with E-state index in [1.165, 1.54) is 23.8 Å². The number of aromatic nitrogens is 2. The van der Waals surface area contributed by atoms with Crippen LogP contribution in [-0.4, -0.2) is 21.9 Å². The lowest BCUT2D eigenvalue weighted by atomic mass is 10.3. The van der Waals surface area contributed by atoms with Gasteiger partial charge in [0.25, 0.3) is 0 Å². The van der Waals surface area contributed by atoms with Crippen molar-refractivity contribution in [1.82, 2.24) is 9.97 Å². The van der Waals surface area contributed by atoms with Crippen molar-refractivity contribution in [2.24, 2.45) is 15.9 Å². The largest absolute Gasteiger partial charge is 0.405 e. The number of pyridine rings is 1. The van der Waals surface area contributed by atoms with Crippen LogP contribution in [-0.2, 0) is 4.84 Å². The van der Waals surface area contributed by atoms with Crippen LogP contribution in [0.15, 0.2) is 65.6 Å². The van der Waals surface area contributed by atoms with E-state index < -0.39 is 0 Å². The van der Waals surface area contributed by atoms with E-state index in [4.69, 9.17) is 10.6 Å². The third kappa shape index (κ3) is 4.35. The minimum atomic E-state index is 0.175. The molecule has 0 fully saturated rings. The van der Waals surface area contributed by atoms with E-state index in [2.05, 4.69) is 26.7 Å². The van der Waals surface area contributed by atoms with Gasteiger partial charge in [-0.3, -0.25) is 4.98 Å². The molecule has 0 aromatic carbocycles.